The number of fused-ring (bicyclic) bond motifs is 2. The maximum absolute atomic E-state index is 12.6. The molecule has 0 spiro atoms. The van der Waals surface area contributed by atoms with E-state index in [9.17, 15) is 14.7 Å². The second-order valence-corrected chi connectivity index (χ2v) is 5.90. The molecule has 3 heterocycles. The standard InChI is InChI=1S/C14H15ClN2O3/c1-7-4-11(15)10(6-16-7)13(18)17-8-2-3-12(17)9(5-8)14(19)20/h4,6,8-9,12H,2-3,5H2,1H3,(H,19,20). The van der Waals surface area contributed by atoms with Crippen LogP contribution in [0.5, 0.6) is 0 Å². The fourth-order valence-corrected chi connectivity index (χ4v) is 3.68. The van der Waals surface area contributed by atoms with Crippen LogP contribution >= 0.6 is 11.6 Å². The molecule has 0 aliphatic carbocycles. The summed E-state index contributed by atoms with van der Waals surface area (Å²) < 4.78 is 0. The Labute approximate surface area is 121 Å². The summed E-state index contributed by atoms with van der Waals surface area (Å²) in [6, 6.07) is 1.47. The Bertz CT molecular complexity index is 590. The Hall–Kier alpha value is -1.62. The normalized spacial score (nSPS) is 27.9. The molecule has 2 bridgehead atoms. The second kappa shape index (κ2) is 4.74. The minimum Gasteiger partial charge on any atom is -0.481 e. The highest BCUT2D eigenvalue weighted by atomic mass is 35.5. The van der Waals surface area contributed by atoms with Gasteiger partial charge in [0.15, 0.2) is 0 Å². The molecular formula is C14H15ClN2O3. The highest BCUT2D eigenvalue weighted by Crippen LogP contribution is 2.43. The van der Waals surface area contributed by atoms with E-state index in [-0.39, 0.29) is 18.0 Å². The van der Waals surface area contributed by atoms with Gasteiger partial charge in [-0.25, -0.2) is 0 Å². The number of hydrogen-bond acceptors (Lipinski definition) is 3. The van der Waals surface area contributed by atoms with E-state index >= 15 is 0 Å². The first-order valence-electron chi connectivity index (χ1n) is 6.66. The van der Waals surface area contributed by atoms with E-state index < -0.39 is 11.9 Å². The lowest BCUT2D eigenvalue weighted by molar-refractivity contribution is -0.142. The molecule has 20 heavy (non-hydrogen) atoms. The van der Waals surface area contributed by atoms with Gasteiger partial charge < -0.3 is 10.0 Å². The third-order valence-corrected chi connectivity index (χ3v) is 4.62. The number of aromatic nitrogens is 1. The zero-order chi connectivity index (χ0) is 14.4. The first kappa shape index (κ1) is 13.4. The van der Waals surface area contributed by atoms with Crippen molar-refractivity contribution in [3.8, 4) is 0 Å². The number of aryl methyl sites for hydroxylation is 1. The number of rotatable bonds is 2. The quantitative estimate of drug-likeness (QED) is 0.907. The van der Waals surface area contributed by atoms with E-state index in [2.05, 4.69) is 4.98 Å². The van der Waals surface area contributed by atoms with E-state index in [1.165, 1.54) is 6.20 Å². The van der Waals surface area contributed by atoms with Crippen LogP contribution in [-0.2, 0) is 4.79 Å². The van der Waals surface area contributed by atoms with E-state index in [0.29, 0.717) is 17.0 Å². The van der Waals surface area contributed by atoms with Crippen LogP contribution in [0.2, 0.25) is 5.02 Å². The SMILES string of the molecule is Cc1cc(Cl)c(C(=O)N2C3CCC2C(C(=O)O)C3)cn1. The van der Waals surface area contributed by atoms with Crippen molar-refractivity contribution in [1.29, 1.82) is 0 Å². The predicted octanol–water partition coefficient (Wildman–Crippen LogP) is 2.12. The largest absolute Gasteiger partial charge is 0.481 e. The van der Waals surface area contributed by atoms with Gasteiger partial charge in [-0.05, 0) is 32.3 Å². The van der Waals surface area contributed by atoms with Crippen molar-refractivity contribution in [3.05, 3.63) is 28.5 Å². The summed E-state index contributed by atoms with van der Waals surface area (Å²) in [4.78, 5) is 29.7. The van der Waals surface area contributed by atoms with Crippen molar-refractivity contribution >= 4 is 23.5 Å². The van der Waals surface area contributed by atoms with Crippen LogP contribution in [0.15, 0.2) is 12.3 Å². The van der Waals surface area contributed by atoms with Crippen LogP contribution in [0.1, 0.15) is 35.3 Å². The van der Waals surface area contributed by atoms with Gasteiger partial charge in [-0.1, -0.05) is 11.6 Å². The van der Waals surface area contributed by atoms with E-state index in [0.717, 1.165) is 18.5 Å². The molecule has 3 rings (SSSR count). The maximum atomic E-state index is 12.6. The van der Waals surface area contributed by atoms with Gasteiger partial charge in [-0.3, -0.25) is 14.6 Å². The number of carbonyl (C=O) groups excluding carboxylic acids is 1. The third-order valence-electron chi connectivity index (χ3n) is 4.31. The summed E-state index contributed by atoms with van der Waals surface area (Å²) in [7, 11) is 0. The maximum Gasteiger partial charge on any atom is 0.308 e. The highest BCUT2D eigenvalue weighted by molar-refractivity contribution is 6.33. The molecule has 0 radical (unpaired) electrons. The molecule has 2 saturated heterocycles. The Morgan fingerprint density at radius 2 is 2.20 bits per heavy atom. The zero-order valence-electron chi connectivity index (χ0n) is 11.0. The van der Waals surface area contributed by atoms with Crippen molar-refractivity contribution in [1.82, 2.24) is 9.88 Å². The number of halogens is 1. The molecule has 0 aromatic carbocycles. The fourth-order valence-electron chi connectivity index (χ4n) is 3.39. The molecule has 1 aromatic rings. The molecule has 1 aromatic heterocycles. The first-order valence-corrected chi connectivity index (χ1v) is 7.04. The van der Waals surface area contributed by atoms with Crippen LogP contribution in [-0.4, -0.2) is 39.0 Å². The number of amides is 1. The summed E-state index contributed by atoms with van der Waals surface area (Å²) >= 11 is 6.11. The van der Waals surface area contributed by atoms with Gasteiger partial charge in [-0.2, -0.15) is 0 Å². The van der Waals surface area contributed by atoms with Crippen molar-refractivity contribution in [3.63, 3.8) is 0 Å². The first-order chi connectivity index (χ1) is 9.49. The summed E-state index contributed by atoms with van der Waals surface area (Å²) in [6.45, 7) is 1.81. The number of carbonyl (C=O) groups is 2. The second-order valence-electron chi connectivity index (χ2n) is 5.50. The molecule has 1 N–H and O–H groups in total. The summed E-state index contributed by atoms with van der Waals surface area (Å²) in [5.74, 6) is -1.46. The molecular weight excluding hydrogens is 280 g/mol. The smallest absolute Gasteiger partial charge is 0.308 e. The van der Waals surface area contributed by atoms with Crippen LogP contribution in [0.4, 0.5) is 0 Å². The zero-order valence-corrected chi connectivity index (χ0v) is 11.8. The number of aliphatic carboxylic acids is 1. The van der Waals surface area contributed by atoms with Gasteiger partial charge in [0.05, 0.1) is 16.5 Å². The Kier molecular flexibility index (Phi) is 3.17. The van der Waals surface area contributed by atoms with E-state index in [1.54, 1.807) is 17.9 Å². The van der Waals surface area contributed by atoms with Crippen LogP contribution in [0.3, 0.4) is 0 Å². The number of nitrogens with zero attached hydrogens (tertiary/aromatic N) is 2. The minimum absolute atomic E-state index is 0.0194. The number of pyridine rings is 1. The molecule has 2 aliphatic rings. The molecule has 1 amide bonds. The highest BCUT2D eigenvalue weighted by Gasteiger charge is 2.51. The van der Waals surface area contributed by atoms with Crippen molar-refractivity contribution < 1.29 is 14.7 Å². The number of carboxylic acid groups (broad SMARTS) is 1. The Balaban J connectivity index is 1.90. The van der Waals surface area contributed by atoms with Crippen LogP contribution in [0, 0.1) is 12.8 Å². The molecule has 0 saturated carbocycles. The van der Waals surface area contributed by atoms with Crippen molar-refractivity contribution in [2.75, 3.05) is 0 Å². The molecule has 2 aliphatic heterocycles. The number of carboxylic acids is 1. The Morgan fingerprint density at radius 3 is 2.80 bits per heavy atom. The predicted molar refractivity (Wildman–Crippen MR) is 72.7 cm³/mol. The van der Waals surface area contributed by atoms with Crippen molar-refractivity contribution in [2.24, 2.45) is 5.92 Å². The Morgan fingerprint density at radius 1 is 1.45 bits per heavy atom. The van der Waals surface area contributed by atoms with Gasteiger partial charge in [0.2, 0.25) is 0 Å². The van der Waals surface area contributed by atoms with Gasteiger partial charge in [-0.15, -0.1) is 0 Å². The molecule has 5 nitrogen and oxygen atoms in total. The van der Waals surface area contributed by atoms with Crippen LogP contribution in [0.25, 0.3) is 0 Å². The third kappa shape index (κ3) is 1.97. The van der Waals surface area contributed by atoms with Gasteiger partial charge in [0.25, 0.3) is 5.91 Å². The summed E-state index contributed by atoms with van der Waals surface area (Å²) in [6.07, 6.45) is 3.65. The van der Waals surface area contributed by atoms with Gasteiger partial charge in [0.1, 0.15) is 0 Å². The van der Waals surface area contributed by atoms with E-state index in [1.807, 2.05) is 0 Å². The molecule has 2 fully saturated rings. The molecule has 3 atom stereocenters. The fraction of sp³-hybridized carbons (Fsp3) is 0.500. The molecule has 6 heteroatoms. The summed E-state index contributed by atoms with van der Waals surface area (Å²) in [5.41, 5.74) is 1.11. The van der Waals surface area contributed by atoms with Gasteiger partial charge in [0, 0.05) is 24.0 Å². The average molecular weight is 295 g/mol. The lowest BCUT2D eigenvalue weighted by Crippen LogP contribution is -2.38. The molecule has 3 unspecified atom stereocenters. The topological polar surface area (TPSA) is 70.5 Å². The lowest BCUT2D eigenvalue weighted by Gasteiger charge is -2.23. The summed E-state index contributed by atoms with van der Waals surface area (Å²) in [5, 5.41) is 9.60. The van der Waals surface area contributed by atoms with Crippen molar-refractivity contribution in [2.45, 2.75) is 38.3 Å². The van der Waals surface area contributed by atoms with E-state index in [4.69, 9.17) is 11.6 Å². The van der Waals surface area contributed by atoms with Gasteiger partial charge >= 0.3 is 5.97 Å². The number of hydrogen-bond donors (Lipinski definition) is 1. The minimum atomic E-state index is -0.817. The monoisotopic (exact) mass is 294 g/mol. The van der Waals surface area contributed by atoms with Crippen LogP contribution < -0.4 is 0 Å². The lowest BCUT2D eigenvalue weighted by atomic mass is 9.89. The average Bonchev–Trinajstić information content (AvgIpc) is 2.95. The molecule has 106 valence electrons.